The quantitative estimate of drug-likeness (QED) is 0.556. The van der Waals surface area contributed by atoms with Gasteiger partial charge in [-0.3, -0.25) is 0 Å². The molecule has 78 valence electrons. The minimum Gasteiger partial charge on any atom is -0.493 e. The van der Waals surface area contributed by atoms with Crippen LogP contribution in [0.1, 0.15) is 12.0 Å². The van der Waals surface area contributed by atoms with E-state index in [0.29, 0.717) is 12.5 Å². The van der Waals surface area contributed by atoms with Crippen molar-refractivity contribution in [1.29, 1.82) is 0 Å². The van der Waals surface area contributed by atoms with Crippen molar-refractivity contribution in [2.45, 2.75) is 12.8 Å². The first kappa shape index (κ1) is 9.94. The highest BCUT2D eigenvalue weighted by molar-refractivity contribution is 5.35. The minimum absolute atomic E-state index is 0.469. The first-order valence-electron chi connectivity index (χ1n) is 5.14. The van der Waals surface area contributed by atoms with Crippen molar-refractivity contribution >= 4 is 6.08 Å². The maximum absolute atomic E-state index is 9.92. The number of para-hydroxylation sites is 1. The molecule has 1 heterocycles. The molecule has 0 aliphatic carbocycles. The van der Waals surface area contributed by atoms with Gasteiger partial charge in [-0.25, -0.2) is 9.79 Å². The highest BCUT2D eigenvalue weighted by Gasteiger charge is 2.18. The fraction of sp³-hybridized carbons (Fsp3) is 0.417. The van der Waals surface area contributed by atoms with Crippen LogP contribution in [0.4, 0.5) is 0 Å². The minimum atomic E-state index is 0.469. The lowest BCUT2D eigenvalue weighted by molar-refractivity contribution is 0.216. The van der Waals surface area contributed by atoms with Gasteiger partial charge in [-0.2, -0.15) is 0 Å². The molecule has 0 saturated carbocycles. The molecule has 0 amide bonds. The van der Waals surface area contributed by atoms with Gasteiger partial charge in [0, 0.05) is 0 Å². The summed E-state index contributed by atoms with van der Waals surface area (Å²) in [5.41, 5.74) is 1.25. The number of nitrogens with zero attached hydrogens (tertiary/aromatic N) is 1. The zero-order valence-corrected chi connectivity index (χ0v) is 8.48. The summed E-state index contributed by atoms with van der Waals surface area (Å²) >= 11 is 0. The fourth-order valence-corrected chi connectivity index (χ4v) is 1.87. The zero-order valence-electron chi connectivity index (χ0n) is 8.48. The summed E-state index contributed by atoms with van der Waals surface area (Å²) in [5, 5.41) is 0. The number of benzene rings is 1. The molecule has 0 aromatic heterocycles. The first-order valence-corrected chi connectivity index (χ1v) is 5.14. The normalized spacial score (nSPS) is 18.5. The Labute approximate surface area is 88.8 Å². The SMILES string of the molecule is O=C=NCCC1COc2ccccc2C1. The smallest absolute Gasteiger partial charge is 0.234 e. The predicted octanol–water partition coefficient (Wildman–Crippen LogP) is 1.96. The molecule has 1 aromatic rings. The fourth-order valence-electron chi connectivity index (χ4n) is 1.87. The molecule has 0 N–H and O–H groups in total. The first-order chi connectivity index (χ1) is 7.40. The van der Waals surface area contributed by atoms with Gasteiger partial charge in [0.05, 0.1) is 13.2 Å². The van der Waals surface area contributed by atoms with Crippen molar-refractivity contribution in [3.63, 3.8) is 0 Å². The van der Waals surface area contributed by atoms with E-state index in [0.717, 1.165) is 25.2 Å². The van der Waals surface area contributed by atoms with Gasteiger partial charge in [-0.1, -0.05) is 18.2 Å². The van der Waals surface area contributed by atoms with Gasteiger partial charge >= 0.3 is 0 Å². The van der Waals surface area contributed by atoms with Crippen molar-refractivity contribution in [3.05, 3.63) is 29.8 Å². The van der Waals surface area contributed by atoms with E-state index in [1.165, 1.54) is 5.56 Å². The molecule has 0 fully saturated rings. The van der Waals surface area contributed by atoms with E-state index >= 15 is 0 Å². The van der Waals surface area contributed by atoms with E-state index < -0.39 is 0 Å². The largest absolute Gasteiger partial charge is 0.493 e. The molecule has 1 aliphatic heterocycles. The van der Waals surface area contributed by atoms with Gasteiger partial charge in [0.1, 0.15) is 5.75 Å². The Kier molecular flexibility index (Phi) is 3.15. The Bertz CT molecular complexity index is 383. The molecule has 1 aliphatic rings. The number of fused-ring (bicyclic) bond motifs is 1. The van der Waals surface area contributed by atoms with E-state index in [1.54, 1.807) is 6.08 Å². The van der Waals surface area contributed by atoms with Gasteiger partial charge in [0.15, 0.2) is 0 Å². The maximum atomic E-state index is 9.92. The number of rotatable bonds is 3. The molecule has 3 heteroatoms. The molecule has 3 nitrogen and oxygen atoms in total. The molecular weight excluding hydrogens is 190 g/mol. The van der Waals surface area contributed by atoms with Crippen molar-refractivity contribution in [3.8, 4) is 5.75 Å². The summed E-state index contributed by atoms with van der Waals surface area (Å²) in [6.07, 6.45) is 3.47. The predicted molar refractivity (Wildman–Crippen MR) is 56.7 cm³/mol. The number of ether oxygens (including phenoxy) is 1. The molecule has 0 spiro atoms. The number of carbonyl (C=O) groups excluding carboxylic acids is 1. The second-order valence-corrected chi connectivity index (χ2v) is 3.75. The lowest BCUT2D eigenvalue weighted by atomic mass is 9.94. The van der Waals surface area contributed by atoms with Gasteiger partial charge < -0.3 is 4.74 Å². The second kappa shape index (κ2) is 4.76. The Balaban J connectivity index is 1.96. The lowest BCUT2D eigenvalue weighted by Crippen LogP contribution is -2.21. The molecule has 1 unspecified atom stereocenters. The van der Waals surface area contributed by atoms with Gasteiger partial charge in [-0.15, -0.1) is 0 Å². The molecule has 0 saturated heterocycles. The summed E-state index contributed by atoms with van der Waals surface area (Å²) in [6.45, 7) is 1.28. The highest BCUT2D eigenvalue weighted by Crippen LogP contribution is 2.27. The summed E-state index contributed by atoms with van der Waals surface area (Å²) < 4.78 is 5.63. The van der Waals surface area contributed by atoms with Crippen molar-refractivity contribution < 1.29 is 9.53 Å². The number of aliphatic imine (C=N–C) groups is 1. The molecule has 0 radical (unpaired) electrons. The molecule has 1 atom stereocenters. The third-order valence-electron chi connectivity index (χ3n) is 2.67. The highest BCUT2D eigenvalue weighted by atomic mass is 16.5. The van der Waals surface area contributed by atoms with Crippen LogP contribution >= 0.6 is 0 Å². The number of hydrogen-bond donors (Lipinski definition) is 0. The van der Waals surface area contributed by atoms with Gasteiger partial charge in [0.2, 0.25) is 6.08 Å². The van der Waals surface area contributed by atoms with E-state index in [9.17, 15) is 4.79 Å². The lowest BCUT2D eigenvalue weighted by Gasteiger charge is -2.24. The van der Waals surface area contributed by atoms with Gasteiger partial charge in [-0.05, 0) is 30.4 Å². The van der Waals surface area contributed by atoms with Crippen LogP contribution in [0.15, 0.2) is 29.3 Å². The van der Waals surface area contributed by atoms with Crippen molar-refractivity contribution in [2.24, 2.45) is 10.9 Å². The summed E-state index contributed by atoms with van der Waals surface area (Å²) in [5.74, 6) is 1.46. The van der Waals surface area contributed by atoms with E-state index in [4.69, 9.17) is 4.74 Å². The van der Waals surface area contributed by atoms with Crippen LogP contribution in [0.3, 0.4) is 0 Å². The molecule has 1 aromatic carbocycles. The van der Waals surface area contributed by atoms with Crippen LogP contribution in [0.25, 0.3) is 0 Å². The van der Waals surface area contributed by atoms with Gasteiger partial charge in [0.25, 0.3) is 0 Å². The number of hydrogen-bond acceptors (Lipinski definition) is 3. The van der Waals surface area contributed by atoms with Crippen molar-refractivity contribution in [2.75, 3.05) is 13.2 Å². The topological polar surface area (TPSA) is 38.7 Å². The molecule has 0 bridgehead atoms. The van der Waals surface area contributed by atoms with Crippen LogP contribution in [0, 0.1) is 5.92 Å². The third kappa shape index (κ3) is 2.45. The Morgan fingerprint density at radius 3 is 3.20 bits per heavy atom. The van der Waals surface area contributed by atoms with Crippen LogP contribution in [-0.2, 0) is 11.2 Å². The molecule has 15 heavy (non-hydrogen) atoms. The summed E-state index contributed by atoms with van der Waals surface area (Å²) in [7, 11) is 0. The Morgan fingerprint density at radius 1 is 1.47 bits per heavy atom. The third-order valence-corrected chi connectivity index (χ3v) is 2.67. The van der Waals surface area contributed by atoms with E-state index in [-0.39, 0.29) is 0 Å². The second-order valence-electron chi connectivity index (χ2n) is 3.75. The average molecular weight is 203 g/mol. The zero-order chi connectivity index (χ0) is 10.5. The van der Waals surface area contributed by atoms with E-state index in [1.807, 2.05) is 18.2 Å². The number of isocyanates is 1. The molecule has 2 rings (SSSR count). The van der Waals surface area contributed by atoms with E-state index in [2.05, 4.69) is 11.1 Å². The monoisotopic (exact) mass is 203 g/mol. The summed E-state index contributed by atoms with van der Waals surface area (Å²) in [6, 6.07) is 8.09. The Morgan fingerprint density at radius 2 is 2.33 bits per heavy atom. The molecular formula is C12H13NO2. The van der Waals surface area contributed by atoms with Crippen LogP contribution in [-0.4, -0.2) is 19.2 Å². The summed E-state index contributed by atoms with van der Waals surface area (Å²) in [4.78, 5) is 13.5. The van der Waals surface area contributed by atoms with Crippen molar-refractivity contribution in [1.82, 2.24) is 0 Å². The maximum Gasteiger partial charge on any atom is 0.234 e. The van der Waals surface area contributed by atoms with Crippen LogP contribution < -0.4 is 4.74 Å². The standard InChI is InChI=1S/C12H13NO2/c14-9-13-6-5-10-7-11-3-1-2-4-12(11)15-8-10/h1-4,10H,5-8H2. The average Bonchev–Trinajstić information content (AvgIpc) is 2.29. The van der Waals surface area contributed by atoms with Crippen LogP contribution in [0.5, 0.6) is 5.75 Å². The Hall–Kier alpha value is -1.60. The van der Waals surface area contributed by atoms with Crippen LogP contribution in [0.2, 0.25) is 0 Å².